The summed E-state index contributed by atoms with van der Waals surface area (Å²) in [4.78, 5) is 7.37. The molecule has 0 unspecified atom stereocenters. The quantitative estimate of drug-likeness (QED) is 0.728. The molecule has 0 bridgehead atoms. The third-order valence-electron chi connectivity index (χ3n) is 3.05. The van der Waals surface area contributed by atoms with E-state index in [1.165, 1.54) is 0 Å². The first-order valence-corrected chi connectivity index (χ1v) is 6.26. The maximum atomic E-state index is 13.7. The van der Waals surface area contributed by atoms with Crippen molar-refractivity contribution in [1.82, 2.24) is 20.2 Å². The Morgan fingerprint density at radius 3 is 2.35 bits per heavy atom. The van der Waals surface area contributed by atoms with Crippen LogP contribution in [0.1, 0.15) is 5.56 Å². The van der Waals surface area contributed by atoms with Crippen molar-refractivity contribution in [2.45, 2.75) is 6.18 Å². The lowest BCUT2D eigenvalue weighted by molar-refractivity contribution is -0.137. The van der Waals surface area contributed by atoms with E-state index in [2.05, 4.69) is 20.2 Å². The van der Waals surface area contributed by atoms with Crippen molar-refractivity contribution in [3.63, 3.8) is 0 Å². The highest BCUT2D eigenvalue weighted by molar-refractivity contribution is 5.64. The van der Waals surface area contributed by atoms with Crippen LogP contribution in [0.5, 0.6) is 0 Å². The molecule has 4 nitrogen and oxygen atoms in total. The van der Waals surface area contributed by atoms with Gasteiger partial charge in [0.1, 0.15) is 11.6 Å². The van der Waals surface area contributed by atoms with E-state index in [1.54, 1.807) is 0 Å². The number of hydrogen-bond donors (Lipinski definition) is 1. The zero-order chi connectivity index (χ0) is 16.6. The lowest BCUT2D eigenvalue weighted by Gasteiger charge is -2.09. The summed E-state index contributed by atoms with van der Waals surface area (Å²) >= 11 is 0. The van der Waals surface area contributed by atoms with Gasteiger partial charge < -0.3 is 0 Å². The van der Waals surface area contributed by atoms with Gasteiger partial charge in [-0.25, -0.2) is 13.8 Å². The molecule has 3 rings (SSSR count). The smallest absolute Gasteiger partial charge is 0.264 e. The molecule has 0 aliphatic rings. The monoisotopic (exact) mass is 326 g/mol. The maximum Gasteiger partial charge on any atom is 0.417 e. The molecule has 0 saturated heterocycles. The highest BCUT2D eigenvalue weighted by Gasteiger charge is 2.34. The van der Waals surface area contributed by atoms with Crippen molar-refractivity contribution in [3.8, 4) is 22.8 Å². The Kier molecular flexibility index (Phi) is 3.55. The van der Waals surface area contributed by atoms with Crippen molar-refractivity contribution in [2.75, 3.05) is 0 Å². The minimum absolute atomic E-state index is 0.312. The van der Waals surface area contributed by atoms with E-state index in [0.717, 1.165) is 36.7 Å². The summed E-state index contributed by atoms with van der Waals surface area (Å²) in [5, 5.41) is 5.85. The van der Waals surface area contributed by atoms with E-state index in [9.17, 15) is 22.0 Å². The standard InChI is InChI=1S/C14H7F5N4/c15-9-2-1-3-10(16)11(9)13-21-12(22-23-13)7-6-20-5-4-8(7)14(17,18)19/h1-6H,(H,21,22,23). The number of nitrogens with zero attached hydrogens (tertiary/aromatic N) is 3. The fourth-order valence-corrected chi connectivity index (χ4v) is 2.04. The van der Waals surface area contributed by atoms with Crippen molar-refractivity contribution in [1.29, 1.82) is 0 Å². The lowest BCUT2D eigenvalue weighted by atomic mass is 10.1. The highest BCUT2D eigenvalue weighted by Crippen LogP contribution is 2.35. The van der Waals surface area contributed by atoms with Gasteiger partial charge in [-0.2, -0.15) is 18.3 Å². The van der Waals surface area contributed by atoms with Crippen molar-refractivity contribution < 1.29 is 22.0 Å². The number of halogens is 5. The molecule has 2 aromatic heterocycles. The van der Waals surface area contributed by atoms with Crippen LogP contribution in [0.25, 0.3) is 22.8 Å². The summed E-state index contributed by atoms with van der Waals surface area (Å²) in [6.45, 7) is 0. The highest BCUT2D eigenvalue weighted by atomic mass is 19.4. The van der Waals surface area contributed by atoms with Gasteiger partial charge in [0, 0.05) is 12.4 Å². The number of aromatic amines is 1. The van der Waals surface area contributed by atoms with E-state index in [-0.39, 0.29) is 17.2 Å². The van der Waals surface area contributed by atoms with Gasteiger partial charge in [0.15, 0.2) is 11.6 Å². The second-order valence-corrected chi connectivity index (χ2v) is 4.52. The predicted octanol–water partition coefficient (Wildman–Crippen LogP) is 3.83. The number of aromatic nitrogens is 4. The molecule has 0 atom stereocenters. The van der Waals surface area contributed by atoms with Gasteiger partial charge in [0.25, 0.3) is 0 Å². The number of benzene rings is 1. The number of rotatable bonds is 2. The van der Waals surface area contributed by atoms with Crippen molar-refractivity contribution in [2.24, 2.45) is 0 Å². The number of H-pyrrole nitrogens is 1. The average Bonchev–Trinajstić information content (AvgIpc) is 2.95. The van der Waals surface area contributed by atoms with Crippen LogP contribution < -0.4 is 0 Å². The minimum Gasteiger partial charge on any atom is -0.264 e. The molecule has 0 amide bonds. The molecule has 0 aliphatic carbocycles. The molecule has 0 radical (unpaired) electrons. The lowest BCUT2D eigenvalue weighted by Crippen LogP contribution is -2.07. The van der Waals surface area contributed by atoms with Crippen LogP contribution in [0.2, 0.25) is 0 Å². The van der Waals surface area contributed by atoms with Crippen LogP contribution in [0, 0.1) is 11.6 Å². The van der Waals surface area contributed by atoms with Gasteiger partial charge in [0.2, 0.25) is 0 Å². The van der Waals surface area contributed by atoms with Gasteiger partial charge in [0.05, 0.1) is 16.7 Å². The van der Waals surface area contributed by atoms with E-state index < -0.39 is 28.9 Å². The van der Waals surface area contributed by atoms with Crippen molar-refractivity contribution in [3.05, 3.63) is 53.9 Å². The summed E-state index contributed by atoms with van der Waals surface area (Å²) in [5.74, 6) is -2.49. The molecule has 118 valence electrons. The van der Waals surface area contributed by atoms with E-state index >= 15 is 0 Å². The molecule has 2 heterocycles. The van der Waals surface area contributed by atoms with E-state index in [4.69, 9.17) is 0 Å². The summed E-state index contributed by atoms with van der Waals surface area (Å²) in [6.07, 6.45) is -2.72. The Labute approximate surface area is 126 Å². The first-order valence-electron chi connectivity index (χ1n) is 6.26. The van der Waals surface area contributed by atoms with Gasteiger partial charge in [-0.05, 0) is 18.2 Å². The molecular formula is C14H7F5N4. The van der Waals surface area contributed by atoms with Gasteiger partial charge in [-0.3, -0.25) is 10.1 Å². The van der Waals surface area contributed by atoms with Crippen LogP contribution in [0.3, 0.4) is 0 Å². The van der Waals surface area contributed by atoms with Crippen LogP contribution in [0.15, 0.2) is 36.7 Å². The third-order valence-corrected chi connectivity index (χ3v) is 3.05. The Bertz CT molecular complexity index is 836. The molecule has 0 aliphatic heterocycles. The molecule has 0 fully saturated rings. The van der Waals surface area contributed by atoms with E-state index in [0.29, 0.717) is 0 Å². The Morgan fingerprint density at radius 1 is 1.00 bits per heavy atom. The molecule has 1 aromatic carbocycles. The van der Waals surface area contributed by atoms with Gasteiger partial charge in [-0.15, -0.1) is 0 Å². The number of pyridine rings is 1. The van der Waals surface area contributed by atoms with Crippen LogP contribution >= 0.6 is 0 Å². The number of alkyl halides is 3. The van der Waals surface area contributed by atoms with Crippen LogP contribution in [-0.4, -0.2) is 20.2 Å². The summed E-state index contributed by atoms with van der Waals surface area (Å²) in [6, 6.07) is 3.95. The van der Waals surface area contributed by atoms with Crippen LogP contribution in [0.4, 0.5) is 22.0 Å². The average molecular weight is 326 g/mol. The topological polar surface area (TPSA) is 54.5 Å². The Balaban J connectivity index is 2.11. The fourth-order valence-electron chi connectivity index (χ4n) is 2.04. The zero-order valence-corrected chi connectivity index (χ0v) is 11.2. The molecule has 0 saturated carbocycles. The molecule has 23 heavy (non-hydrogen) atoms. The van der Waals surface area contributed by atoms with Gasteiger partial charge >= 0.3 is 6.18 Å². The molecule has 1 N–H and O–H groups in total. The first-order chi connectivity index (χ1) is 10.9. The number of hydrogen-bond acceptors (Lipinski definition) is 3. The summed E-state index contributed by atoms with van der Waals surface area (Å²) < 4.78 is 66.3. The summed E-state index contributed by atoms with van der Waals surface area (Å²) in [7, 11) is 0. The predicted molar refractivity (Wildman–Crippen MR) is 70.0 cm³/mol. The molecular weight excluding hydrogens is 319 g/mol. The number of nitrogens with one attached hydrogen (secondary N) is 1. The Morgan fingerprint density at radius 2 is 1.70 bits per heavy atom. The second kappa shape index (κ2) is 5.41. The van der Waals surface area contributed by atoms with E-state index in [1.807, 2.05) is 0 Å². The van der Waals surface area contributed by atoms with Gasteiger partial charge in [-0.1, -0.05) is 6.07 Å². The first kappa shape index (κ1) is 15.1. The SMILES string of the molecule is Fc1cccc(F)c1-c1nc(-c2cnccc2C(F)(F)F)n[nH]1. The zero-order valence-electron chi connectivity index (χ0n) is 11.2. The molecule has 0 spiro atoms. The van der Waals surface area contributed by atoms with Crippen molar-refractivity contribution >= 4 is 0 Å². The summed E-state index contributed by atoms with van der Waals surface area (Å²) in [5.41, 5.74) is -1.88. The second-order valence-electron chi connectivity index (χ2n) is 4.52. The molecule has 9 heteroatoms. The Hall–Kier alpha value is -2.84. The maximum absolute atomic E-state index is 13.7. The minimum atomic E-state index is -4.64. The van der Waals surface area contributed by atoms with Crippen LogP contribution in [-0.2, 0) is 6.18 Å². The fraction of sp³-hybridized carbons (Fsp3) is 0.0714. The largest absolute Gasteiger partial charge is 0.417 e. The normalized spacial score (nSPS) is 11.7. The third kappa shape index (κ3) is 2.77. The molecule has 3 aromatic rings.